The van der Waals surface area contributed by atoms with E-state index in [0.717, 1.165) is 35.0 Å². The number of likely N-dealkylation sites (N-methyl/N-ethyl adjacent to an activating group) is 4. The van der Waals surface area contributed by atoms with E-state index in [9.17, 15) is 47.9 Å². The number of likely N-dealkylation sites (tertiary alicyclic amines) is 1. The molecule has 0 aliphatic carbocycles. The molecule has 2 saturated heterocycles. The van der Waals surface area contributed by atoms with Crippen LogP contribution in [0.1, 0.15) is 53.4 Å². The maximum Gasteiger partial charge on any atom is 0.324 e. The van der Waals surface area contributed by atoms with Crippen LogP contribution in [0.2, 0.25) is 0 Å². The van der Waals surface area contributed by atoms with E-state index in [0.29, 0.717) is 44.1 Å². The molecule has 0 saturated carbocycles. The van der Waals surface area contributed by atoms with Crippen molar-refractivity contribution in [3.05, 3.63) is 24.3 Å². The van der Waals surface area contributed by atoms with Crippen LogP contribution in [0.3, 0.4) is 0 Å². The van der Waals surface area contributed by atoms with Gasteiger partial charge in [0.05, 0.1) is 144 Å². The number of quaternary nitrogens is 4. The molecular formula is C56H92Cl2N6O17+4. The second kappa shape index (κ2) is 31.6. The topological polar surface area (TPSA) is 242 Å². The zero-order valence-corrected chi connectivity index (χ0v) is 51.7. The van der Waals surface area contributed by atoms with Crippen molar-refractivity contribution in [2.75, 3.05) is 162 Å². The van der Waals surface area contributed by atoms with Crippen LogP contribution in [0, 0.1) is 35.5 Å². The molecule has 4 heterocycles. The lowest BCUT2D eigenvalue weighted by atomic mass is 9.85. The van der Waals surface area contributed by atoms with Crippen molar-refractivity contribution in [2.24, 2.45) is 35.5 Å². The fourth-order valence-corrected chi connectivity index (χ4v) is 9.23. The molecule has 10 atom stereocenters. The average molecular weight is 1190 g/mol. The third kappa shape index (κ3) is 23.3. The van der Waals surface area contributed by atoms with E-state index in [2.05, 4.69) is 0 Å². The summed E-state index contributed by atoms with van der Waals surface area (Å²) in [5, 5.41) is -2.19. The molecule has 0 N–H and O–H groups in total. The lowest BCUT2D eigenvalue weighted by molar-refractivity contribution is -0.888. The normalized spacial score (nSPS) is 20.9. The number of amides is 4. The van der Waals surface area contributed by atoms with Gasteiger partial charge in [-0.15, -0.1) is 23.2 Å². The third-order valence-electron chi connectivity index (χ3n) is 14.9. The lowest BCUT2D eigenvalue weighted by Gasteiger charge is -2.28. The molecule has 0 spiro atoms. The van der Waals surface area contributed by atoms with Crippen molar-refractivity contribution in [1.29, 1.82) is 0 Å². The Morgan fingerprint density at radius 3 is 1.15 bits per heavy atom. The number of fused-ring (bicyclic) bond motifs is 5. The number of ether oxygens (including phenoxy) is 7. The van der Waals surface area contributed by atoms with Crippen molar-refractivity contribution in [3.8, 4) is 0 Å². The number of rotatable bonds is 34. The number of carbonyl (C=O) groups excluding carboxylic acids is 10. The van der Waals surface area contributed by atoms with Crippen LogP contribution in [0.25, 0.3) is 0 Å². The van der Waals surface area contributed by atoms with Crippen LogP contribution in [0.5, 0.6) is 0 Å². The number of hydrogen-bond donors (Lipinski definition) is 0. The monoisotopic (exact) mass is 1190 g/mol. The summed E-state index contributed by atoms with van der Waals surface area (Å²) >= 11 is 12.7. The van der Waals surface area contributed by atoms with E-state index in [4.69, 9.17) is 56.4 Å². The van der Waals surface area contributed by atoms with Crippen LogP contribution in [0.15, 0.2) is 24.3 Å². The third-order valence-corrected chi connectivity index (χ3v) is 15.6. The van der Waals surface area contributed by atoms with Crippen molar-refractivity contribution in [1.82, 2.24) is 9.80 Å². The van der Waals surface area contributed by atoms with E-state index >= 15 is 0 Å². The predicted molar refractivity (Wildman–Crippen MR) is 297 cm³/mol. The summed E-state index contributed by atoms with van der Waals surface area (Å²) < 4.78 is 40.4. The molecule has 10 unspecified atom stereocenters. The molecule has 0 aromatic rings. The Labute approximate surface area is 488 Å². The summed E-state index contributed by atoms with van der Waals surface area (Å²) in [6, 6.07) is 0. The largest absolute Gasteiger partial charge is 0.464 e. The summed E-state index contributed by atoms with van der Waals surface area (Å²) in [4.78, 5) is 127. The van der Waals surface area contributed by atoms with Gasteiger partial charge in [0.1, 0.15) is 76.6 Å². The summed E-state index contributed by atoms with van der Waals surface area (Å²) in [7, 11) is 19.9. The average Bonchev–Trinajstić information content (AvgIpc) is 3.88. The maximum absolute atomic E-state index is 13.1. The summed E-state index contributed by atoms with van der Waals surface area (Å²) in [6.07, 6.45) is 5.11. The number of imide groups is 2. The SMILES string of the molecule is CC[N+](C)(C)CCOC(=O)C(Cl)CC(CC(C)C(=O)OCCN1C(=O)C2C3C=CC(O3)C2C1=O)C(=O)OCC[N+](C)(C)C.CC[N+](C)(C)CCOC(=O)C(Cl)CC(CC(C)C(=O)OCCN1C(=O)C=CC1=O)C(=O)OCC[N+](C)(C)C. The quantitative estimate of drug-likeness (QED) is 0.0223. The van der Waals surface area contributed by atoms with Gasteiger partial charge < -0.3 is 51.1 Å². The Hall–Kier alpha value is -5.04. The highest BCUT2D eigenvalue weighted by Crippen LogP contribution is 2.45. The number of alkyl halides is 2. The zero-order chi connectivity index (χ0) is 61.2. The van der Waals surface area contributed by atoms with Crippen LogP contribution in [-0.4, -0.2) is 273 Å². The van der Waals surface area contributed by atoms with Gasteiger partial charge in [-0.2, -0.15) is 0 Å². The van der Waals surface area contributed by atoms with Gasteiger partial charge in [-0.1, -0.05) is 26.0 Å². The molecule has 4 aliphatic rings. The summed E-state index contributed by atoms with van der Waals surface area (Å²) in [5.41, 5.74) is 0. The van der Waals surface area contributed by atoms with E-state index in [1.54, 1.807) is 13.8 Å². The second-order valence-electron chi connectivity index (χ2n) is 24.5. The van der Waals surface area contributed by atoms with Crippen LogP contribution in [-0.2, 0) is 81.1 Å². The van der Waals surface area contributed by atoms with Crippen molar-refractivity contribution >= 4 is 82.6 Å². The summed E-state index contributed by atoms with van der Waals surface area (Å²) in [6.45, 7) is 11.7. The lowest BCUT2D eigenvalue weighted by Crippen LogP contribution is -2.42. The Balaban J connectivity index is 0.000000429. The maximum atomic E-state index is 13.1. The number of carbonyl (C=O) groups is 10. The fourth-order valence-electron chi connectivity index (χ4n) is 8.67. The van der Waals surface area contributed by atoms with Crippen molar-refractivity contribution in [3.63, 3.8) is 0 Å². The highest BCUT2D eigenvalue weighted by Gasteiger charge is 2.60. The van der Waals surface area contributed by atoms with Gasteiger partial charge in [-0.05, 0) is 39.5 Å². The molecule has 4 rings (SSSR count). The van der Waals surface area contributed by atoms with Crippen LogP contribution >= 0.6 is 23.2 Å². The van der Waals surface area contributed by atoms with E-state index in [1.807, 2.05) is 96.5 Å². The van der Waals surface area contributed by atoms with Gasteiger partial charge in [0.25, 0.3) is 11.8 Å². The first-order chi connectivity index (χ1) is 37.6. The molecular weight excluding hydrogens is 1100 g/mol. The Morgan fingerprint density at radius 1 is 0.481 bits per heavy atom. The first kappa shape index (κ1) is 70.2. The molecule has 2 fully saturated rings. The summed E-state index contributed by atoms with van der Waals surface area (Å²) in [5.74, 6) is -9.32. The highest BCUT2D eigenvalue weighted by atomic mass is 35.5. The van der Waals surface area contributed by atoms with Crippen molar-refractivity contribution < 1.29 is 99.0 Å². The van der Waals surface area contributed by atoms with Gasteiger partial charge in [0.2, 0.25) is 11.8 Å². The van der Waals surface area contributed by atoms with Crippen LogP contribution < -0.4 is 0 Å². The minimum absolute atomic E-state index is 0.0381. The Morgan fingerprint density at radius 2 is 0.802 bits per heavy atom. The van der Waals surface area contributed by atoms with Gasteiger partial charge in [0.15, 0.2) is 0 Å². The molecule has 0 radical (unpaired) electrons. The minimum atomic E-state index is -1.10. The van der Waals surface area contributed by atoms with Gasteiger partial charge in [0, 0.05) is 12.2 Å². The van der Waals surface area contributed by atoms with E-state index < -0.39 is 93.9 Å². The number of nitrogens with zero attached hydrogens (tertiary/aromatic N) is 6. The van der Waals surface area contributed by atoms with Gasteiger partial charge in [-0.25, -0.2) is 0 Å². The predicted octanol–water partition coefficient (Wildman–Crippen LogP) is 1.98. The minimum Gasteiger partial charge on any atom is -0.464 e. The Bertz CT molecular complexity index is 2230. The number of esters is 6. The molecule has 81 heavy (non-hydrogen) atoms. The number of halogens is 2. The standard InChI is InChI=1S/C30H48ClN3O9.C26H44ClN3O8/c1-8-34(6,7)13-16-42-30(39)21(31)18-20(29(38)41-15-12-33(3,4)5)17-19(2)28(37)40-14-11-32-26(35)24-22-9-10-23(43-22)25(24)27(32)36;1-8-30(6,7)13-16-38-26(35)21(27)18-20(25(34)37-15-12-29(3,4)5)17-19(2)24(33)36-14-11-28-22(31)9-10-23(28)32/h9-10,19-25H,8,11-18H2,1-7H3;9-10,19-21H,8,11-18H2,1-7H3/q2*+2. The Kier molecular flexibility index (Phi) is 27.4. The van der Waals surface area contributed by atoms with Gasteiger partial charge >= 0.3 is 35.8 Å². The molecule has 0 aromatic heterocycles. The molecule has 2 bridgehead atoms. The molecule has 458 valence electrons. The smallest absolute Gasteiger partial charge is 0.324 e. The zero-order valence-electron chi connectivity index (χ0n) is 50.2. The molecule has 0 aromatic carbocycles. The van der Waals surface area contributed by atoms with E-state index in [-0.39, 0.29) is 102 Å². The van der Waals surface area contributed by atoms with Crippen molar-refractivity contribution in [2.45, 2.75) is 76.3 Å². The number of hydrogen-bond acceptors (Lipinski definition) is 17. The molecule has 4 amide bonds. The molecule has 23 nitrogen and oxygen atoms in total. The highest BCUT2D eigenvalue weighted by molar-refractivity contribution is 6.30. The second-order valence-corrected chi connectivity index (χ2v) is 25.6. The first-order valence-corrected chi connectivity index (χ1v) is 28.7. The fraction of sp³-hybridized carbons (Fsp3) is 0.750. The van der Waals surface area contributed by atoms with Gasteiger partial charge in [-0.3, -0.25) is 57.7 Å². The first-order valence-electron chi connectivity index (χ1n) is 27.9. The molecule has 4 aliphatic heterocycles. The van der Waals surface area contributed by atoms with E-state index in [1.165, 1.54) is 0 Å². The van der Waals surface area contributed by atoms with Crippen LogP contribution in [0.4, 0.5) is 0 Å². The molecule has 25 heteroatoms.